The molecule has 0 spiro atoms. The number of nitrogens with one attached hydrogen (secondary N) is 1. The van der Waals surface area contributed by atoms with Gasteiger partial charge in [0.05, 0.1) is 10.6 Å². The van der Waals surface area contributed by atoms with Crippen molar-refractivity contribution >= 4 is 27.5 Å². The molecule has 0 fully saturated rings. The third-order valence-electron chi connectivity index (χ3n) is 7.17. The molecule has 3 aromatic carbocycles. The fraction of sp³-hybridized carbons (Fsp3) is 0.394. The van der Waals surface area contributed by atoms with E-state index in [9.17, 15) is 18.0 Å². The van der Waals surface area contributed by atoms with Crippen molar-refractivity contribution in [1.82, 2.24) is 10.2 Å². The van der Waals surface area contributed by atoms with Gasteiger partial charge in [-0.2, -0.15) is 0 Å². The van der Waals surface area contributed by atoms with Gasteiger partial charge in [0, 0.05) is 13.1 Å². The maximum absolute atomic E-state index is 14.2. The van der Waals surface area contributed by atoms with E-state index >= 15 is 0 Å². The molecule has 0 heterocycles. The summed E-state index contributed by atoms with van der Waals surface area (Å²) in [5.41, 5.74) is 5.16. The van der Waals surface area contributed by atoms with Crippen LogP contribution in [0.25, 0.3) is 0 Å². The molecule has 0 aliphatic rings. The van der Waals surface area contributed by atoms with Crippen LogP contribution in [0, 0.1) is 33.6 Å². The van der Waals surface area contributed by atoms with E-state index in [1.165, 1.54) is 4.90 Å². The Kier molecular flexibility index (Phi) is 10.7. The molecule has 1 atom stereocenters. The van der Waals surface area contributed by atoms with Crippen molar-refractivity contribution in [3.05, 3.63) is 94.5 Å². The second kappa shape index (κ2) is 13.8. The van der Waals surface area contributed by atoms with Crippen molar-refractivity contribution in [2.24, 2.45) is 5.92 Å². The minimum atomic E-state index is -4.10. The maximum Gasteiger partial charge on any atom is 0.264 e. The van der Waals surface area contributed by atoms with Crippen LogP contribution in [0.15, 0.2) is 71.6 Å². The molecule has 8 heteroatoms. The van der Waals surface area contributed by atoms with Gasteiger partial charge in [0.1, 0.15) is 12.6 Å². The lowest BCUT2D eigenvalue weighted by molar-refractivity contribution is -0.140. The number of sulfonamides is 1. The number of nitrogens with zero attached hydrogens (tertiary/aromatic N) is 2. The minimum Gasteiger partial charge on any atom is -0.354 e. The number of hydrogen-bond acceptors (Lipinski definition) is 4. The molecule has 3 rings (SSSR count). The van der Waals surface area contributed by atoms with Gasteiger partial charge >= 0.3 is 0 Å². The fourth-order valence-corrected chi connectivity index (χ4v) is 6.00. The van der Waals surface area contributed by atoms with Gasteiger partial charge in [-0.05, 0) is 81.0 Å². The van der Waals surface area contributed by atoms with E-state index in [-0.39, 0.29) is 23.3 Å². The average molecular weight is 578 g/mol. The van der Waals surface area contributed by atoms with E-state index in [1.807, 2.05) is 78.8 Å². The first-order valence-corrected chi connectivity index (χ1v) is 15.6. The summed E-state index contributed by atoms with van der Waals surface area (Å²) < 4.78 is 29.2. The molecule has 1 unspecified atom stereocenters. The molecule has 2 amide bonds. The van der Waals surface area contributed by atoms with Gasteiger partial charge < -0.3 is 10.2 Å². The van der Waals surface area contributed by atoms with Gasteiger partial charge in [0.2, 0.25) is 11.8 Å². The number of carbonyl (C=O) groups excluding carboxylic acids is 2. The Bertz CT molecular complexity index is 1470. The van der Waals surface area contributed by atoms with E-state index in [2.05, 4.69) is 5.32 Å². The quantitative estimate of drug-likeness (QED) is 0.299. The smallest absolute Gasteiger partial charge is 0.264 e. The van der Waals surface area contributed by atoms with Gasteiger partial charge in [-0.25, -0.2) is 8.42 Å². The lowest BCUT2D eigenvalue weighted by Crippen LogP contribution is -2.52. The largest absolute Gasteiger partial charge is 0.354 e. The van der Waals surface area contributed by atoms with Crippen LogP contribution in [-0.4, -0.2) is 44.3 Å². The van der Waals surface area contributed by atoms with Gasteiger partial charge in [-0.15, -0.1) is 0 Å². The average Bonchev–Trinajstić information content (AvgIpc) is 2.92. The number of rotatable bonds is 12. The van der Waals surface area contributed by atoms with E-state index < -0.39 is 28.5 Å². The number of benzene rings is 3. The summed E-state index contributed by atoms with van der Waals surface area (Å²) in [6.07, 6.45) is 0.385. The van der Waals surface area contributed by atoms with Crippen LogP contribution in [0.2, 0.25) is 0 Å². The van der Waals surface area contributed by atoms with Crippen molar-refractivity contribution in [1.29, 1.82) is 0 Å². The molecule has 0 saturated carbocycles. The highest BCUT2D eigenvalue weighted by Crippen LogP contribution is 2.27. The van der Waals surface area contributed by atoms with Crippen LogP contribution in [0.5, 0.6) is 0 Å². The first kappa shape index (κ1) is 31.9. The Balaban J connectivity index is 2.07. The van der Waals surface area contributed by atoms with E-state index in [0.29, 0.717) is 18.7 Å². The normalized spacial score (nSPS) is 12.2. The summed E-state index contributed by atoms with van der Waals surface area (Å²) in [5.74, 6) is -0.453. The van der Waals surface area contributed by atoms with Gasteiger partial charge in [0.25, 0.3) is 10.0 Å². The highest BCUT2D eigenvalue weighted by molar-refractivity contribution is 7.92. The van der Waals surface area contributed by atoms with Crippen molar-refractivity contribution in [2.75, 3.05) is 17.4 Å². The second-order valence-electron chi connectivity index (χ2n) is 11.2. The third-order valence-corrected chi connectivity index (χ3v) is 8.96. The Morgan fingerprint density at radius 1 is 0.854 bits per heavy atom. The van der Waals surface area contributed by atoms with Crippen molar-refractivity contribution in [2.45, 2.75) is 72.4 Å². The monoisotopic (exact) mass is 577 g/mol. The number of hydrogen-bond donors (Lipinski definition) is 1. The predicted octanol–water partition coefficient (Wildman–Crippen LogP) is 5.70. The molecule has 3 aromatic rings. The molecule has 41 heavy (non-hydrogen) atoms. The lowest BCUT2D eigenvalue weighted by Gasteiger charge is -2.33. The molecule has 0 aliphatic heterocycles. The Morgan fingerprint density at radius 3 is 2.12 bits per heavy atom. The zero-order valence-corrected chi connectivity index (χ0v) is 26.1. The molecular weight excluding hydrogens is 534 g/mol. The van der Waals surface area contributed by atoms with Gasteiger partial charge in [-0.1, -0.05) is 74.4 Å². The fourth-order valence-electron chi connectivity index (χ4n) is 4.60. The second-order valence-corrected chi connectivity index (χ2v) is 13.0. The summed E-state index contributed by atoms with van der Waals surface area (Å²) in [6.45, 7) is 13.8. The molecule has 0 bridgehead atoms. The van der Waals surface area contributed by atoms with Crippen LogP contribution in [0.3, 0.4) is 0 Å². The summed E-state index contributed by atoms with van der Waals surface area (Å²) in [7, 11) is -4.10. The molecule has 7 nitrogen and oxygen atoms in total. The first-order valence-electron chi connectivity index (χ1n) is 14.1. The molecule has 1 N–H and O–H groups in total. The topological polar surface area (TPSA) is 86.8 Å². The SMILES string of the molecule is CCC(C(=O)NCC(C)C)N(Cc1cccc(C)c1)C(=O)CN(c1ccc(C)c(C)c1)S(=O)(=O)c1ccc(C)cc1. The van der Waals surface area contributed by atoms with Crippen molar-refractivity contribution < 1.29 is 18.0 Å². The van der Waals surface area contributed by atoms with Crippen LogP contribution in [0.4, 0.5) is 5.69 Å². The maximum atomic E-state index is 14.2. The van der Waals surface area contributed by atoms with E-state index in [0.717, 1.165) is 32.1 Å². The van der Waals surface area contributed by atoms with Crippen LogP contribution >= 0.6 is 0 Å². The molecule has 0 aliphatic carbocycles. The summed E-state index contributed by atoms with van der Waals surface area (Å²) in [6, 6.07) is 19.0. The minimum absolute atomic E-state index is 0.0982. The summed E-state index contributed by atoms with van der Waals surface area (Å²) >= 11 is 0. The number of aryl methyl sites for hydroxylation is 4. The Labute approximate surface area is 245 Å². The molecule has 0 aromatic heterocycles. The number of amides is 2. The molecule has 0 radical (unpaired) electrons. The standard InChI is InChI=1S/C33H43N3O4S/c1-8-31(33(38)34-20-23(2)3)35(21-28-11-9-10-25(5)18-28)32(37)22-36(29-15-14-26(6)27(7)19-29)41(39,40)30-16-12-24(4)13-17-30/h9-19,23,31H,8,20-22H2,1-7H3,(H,34,38). The molecule has 220 valence electrons. The number of anilines is 1. The van der Waals surface area contributed by atoms with Crippen molar-refractivity contribution in [3.63, 3.8) is 0 Å². The van der Waals surface area contributed by atoms with Crippen molar-refractivity contribution in [3.8, 4) is 0 Å². The summed E-state index contributed by atoms with van der Waals surface area (Å²) in [4.78, 5) is 29.1. The first-order chi connectivity index (χ1) is 19.3. The van der Waals surface area contributed by atoms with Crippen LogP contribution in [-0.2, 0) is 26.2 Å². The molecular formula is C33H43N3O4S. The van der Waals surface area contributed by atoms with Gasteiger partial charge in [0.15, 0.2) is 0 Å². The van der Waals surface area contributed by atoms with Crippen LogP contribution in [0.1, 0.15) is 55.0 Å². The highest BCUT2D eigenvalue weighted by atomic mass is 32.2. The van der Waals surface area contributed by atoms with E-state index in [1.54, 1.807) is 36.4 Å². The number of carbonyl (C=O) groups is 2. The van der Waals surface area contributed by atoms with E-state index in [4.69, 9.17) is 0 Å². The zero-order chi connectivity index (χ0) is 30.3. The zero-order valence-electron chi connectivity index (χ0n) is 25.3. The Morgan fingerprint density at radius 2 is 1.54 bits per heavy atom. The Hall–Kier alpha value is -3.65. The lowest BCUT2D eigenvalue weighted by atomic mass is 10.1. The predicted molar refractivity (Wildman–Crippen MR) is 165 cm³/mol. The highest BCUT2D eigenvalue weighted by Gasteiger charge is 2.33. The summed E-state index contributed by atoms with van der Waals surface area (Å²) in [5, 5.41) is 2.96. The van der Waals surface area contributed by atoms with Crippen LogP contribution < -0.4 is 9.62 Å². The van der Waals surface area contributed by atoms with Gasteiger partial charge in [-0.3, -0.25) is 13.9 Å². The third kappa shape index (κ3) is 8.19. The molecule has 0 saturated heterocycles.